The van der Waals surface area contributed by atoms with Crippen molar-refractivity contribution < 1.29 is 4.74 Å². The van der Waals surface area contributed by atoms with Crippen molar-refractivity contribution in [1.82, 2.24) is 15.0 Å². The van der Waals surface area contributed by atoms with Gasteiger partial charge in [-0.15, -0.1) is 0 Å². The van der Waals surface area contributed by atoms with Gasteiger partial charge in [0.05, 0.1) is 16.7 Å². The highest BCUT2D eigenvalue weighted by Crippen LogP contribution is 2.33. The number of halogens is 1. The lowest BCUT2D eigenvalue weighted by atomic mass is 10.1. The highest BCUT2D eigenvalue weighted by atomic mass is 35.5. The van der Waals surface area contributed by atoms with E-state index in [1.54, 1.807) is 18.3 Å². The molecule has 6 heteroatoms. The lowest BCUT2D eigenvalue weighted by molar-refractivity contribution is 0.480. The molecule has 0 atom stereocenters. The van der Waals surface area contributed by atoms with Crippen LogP contribution in [0.15, 0.2) is 67.1 Å². The van der Waals surface area contributed by atoms with Crippen LogP contribution in [0, 0.1) is 13.8 Å². The Morgan fingerprint density at radius 2 is 1.93 bits per heavy atom. The molecule has 2 aromatic carbocycles. The van der Waals surface area contributed by atoms with Crippen LogP contribution in [0.2, 0.25) is 5.02 Å². The smallest absolute Gasteiger partial charge is 0.146 e. The van der Waals surface area contributed by atoms with Crippen molar-refractivity contribution in [1.29, 1.82) is 0 Å². The Balaban J connectivity index is 1.60. The maximum atomic E-state index is 6.43. The van der Waals surface area contributed by atoms with Gasteiger partial charge in [0.1, 0.15) is 23.6 Å². The zero-order valence-electron chi connectivity index (χ0n) is 15.8. The summed E-state index contributed by atoms with van der Waals surface area (Å²) < 4.78 is 5.82. The number of allylic oxidation sites excluding steroid dienone is 1. The lowest BCUT2D eigenvalue weighted by Gasteiger charge is -2.12. The van der Waals surface area contributed by atoms with Crippen LogP contribution in [0.25, 0.3) is 17.0 Å². The van der Waals surface area contributed by atoms with Gasteiger partial charge < -0.3 is 10.1 Å². The molecule has 1 radical (unpaired) electrons. The summed E-state index contributed by atoms with van der Waals surface area (Å²) in [5, 5.41) is 4.70. The SMILES string of the molecule is [CH2]C=Cc1ccc2ncnc(Nc3ccc(Oc4ccc(C)nc4)c(Cl)c3)c2c1. The van der Waals surface area contributed by atoms with Crippen LogP contribution in [0.3, 0.4) is 0 Å². The predicted molar refractivity (Wildman–Crippen MR) is 118 cm³/mol. The highest BCUT2D eigenvalue weighted by Gasteiger charge is 2.08. The van der Waals surface area contributed by atoms with E-state index in [-0.39, 0.29) is 0 Å². The van der Waals surface area contributed by atoms with Crippen molar-refractivity contribution in [2.45, 2.75) is 6.92 Å². The fraction of sp³-hybridized carbons (Fsp3) is 0.0435. The number of fused-ring (bicyclic) bond motifs is 1. The number of anilines is 2. The largest absolute Gasteiger partial charge is 0.454 e. The summed E-state index contributed by atoms with van der Waals surface area (Å²) >= 11 is 6.43. The third-order valence-corrected chi connectivity index (χ3v) is 4.57. The Morgan fingerprint density at radius 1 is 1.03 bits per heavy atom. The molecule has 2 aromatic heterocycles. The number of nitrogens with one attached hydrogen (secondary N) is 1. The Labute approximate surface area is 174 Å². The van der Waals surface area contributed by atoms with Crippen LogP contribution >= 0.6 is 11.6 Å². The molecule has 0 amide bonds. The molecule has 5 nitrogen and oxygen atoms in total. The van der Waals surface area contributed by atoms with E-state index in [0.717, 1.165) is 27.8 Å². The van der Waals surface area contributed by atoms with E-state index in [4.69, 9.17) is 16.3 Å². The number of pyridine rings is 1. The molecule has 0 aliphatic heterocycles. The number of aromatic nitrogens is 3. The van der Waals surface area contributed by atoms with E-state index in [9.17, 15) is 0 Å². The minimum atomic E-state index is 0.481. The maximum Gasteiger partial charge on any atom is 0.146 e. The van der Waals surface area contributed by atoms with Crippen LogP contribution in [0.4, 0.5) is 11.5 Å². The first kappa shape index (κ1) is 18.9. The molecule has 0 unspecified atom stereocenters. The van der Waals surface area contributed by atoms with Gasteiger partial charge in [0.2, 0.25) is 0 Å². The van der Waals surface area contributed by atoms with Crippen molar-refractivity contribution >= 4 is 40.1 Å². The van der Waals surface area contributed by atoms with Crippen molar-refractivity contribution in [3.05, 3.63) is 90.3 Å². The fourth-order valence-corrected chi connectivity index (χ4v) is 3.07. The Hall–Kier alpha value is -3.44. The minimum Gasteiger partial charge on any atom is -0.454 e. The lowest BCUT2D eigenvalue weighted by Crippen LogP contribution is -1.97. The third kappa shape index (κ3) is 4.36. The monoisotopic (exact) mass is 401 g/mol. The first-order chi connectivity index (χ1) is 14.1. The van der Waals surface area contributed by atoms with Crippen molar-refractivity contribution in [2.75, 3.05) is 5.32 Å². The number of ether oxygens (including phenoxy) is 1. The number of benzene rings is 2. The molecular formula is C23H18ClN4O. The van der Waals surface area contributed by atoms with Crippen LogP contribution < -0.4 is 10.1 Å². The summed E-state index contributed by atoms with van der Waals surface area (Å²) in [5.74, 6) is 1.88. The Kier molecular flexibility index (Phi) is 5.40. The molecule has 0 saturated heterocycles. The first-order valence-electron chi connectivity index (χ1n) is 9.00. The van der Waals surface area contributed by atoms with E-state index in [1.165, 1.54) is 6.33 Å². The molecule has 1 N–H and O–H groups in total. The van der Waals surface area contributed by atoms with Gasteiger partial charge in [-0.3, -0.25) is 4.98 Å². The van der Waals surface area contributed by atoms with Gasteiger partial charge in [-0.25, -0.2) is 9.97 Å². The van der Waals surface area contributed by atoms with Gasteiger partial charge in [0, 0.05) is 16.8 Å². The van der Waals surface area contributed by atoms with Gasteiger partial charge in [0.25, 0.3) is 0 Å². The summed E-state index contributed by atoms with van der Waals surface area (Å²) in [7, 11) is 0. The molecule has 0 bridgehead atoms. The van der Waals surface area contributed by atoms with Crippen LogP contribution in [-0.2, 0) is 0 Å². The van der Waals surface area contributed by atoms with Crippen molar-refractivity contribution in [3.63, 3.8) is 0 Å². The Morgan fingerprint density at radius 3 is 2.69 bits per heavy atom. The van der Waals surface area contributed by atoms with Crippen LogP contribution in [-0.4, -0.2) is 15.0 Å². The zero-order valence-corrected chi connectivity index (χ0v) is 16.5. The molecule has 0 aliphatic rings. The second-order valence-corrected chi connectivity index (χ2v) is 6.82. The number of nitrogens with zero attached hydrogens (tertiary/aromatic N) is 3. The Bertz CT molecular complexity index is 1190. The summed E-state index contributed by atoms with van der Waals surface area (Å²) in [5.41, 5.74) is 3.59. The average Bonchev–Trinajstić information content (AvgIpc) is 2.72. The summed E-state index contributed by atoms with van der Waals surface area (Å²) in [4.78, 5) is 12.9. The zero-order chi connectivity index (χ0) is 20.2. The standard InChI is InChI=1S/C23H18ClN4O/c1-3-4-16-6-9-21-19(11-16)23(27-14-26-21)28-17-7-10-22(20(24)12-17)29-18-8-5-15(2)25-13-18/h3-14H,1H2,2H3,(H,26,27,28). The van der Waals surface area contributed by atoms with Gasteiger partial charge in [0.15, 0.2) is 0 Å². The highest BCUT2D eigenvalue weighted by molar-refractivity contribution is 6.32. The molecule has 4 rings (SSSR count). The molecule has 0 spiro atoms. The molecule has 143 valence electrons. The normalized spacial score (nSPS) is 11.1. The average molecular weight is 402 g/mol. The second kappa shape index (κ2) is 8.29. The molecular weight excluding hydrogens is 384 g/mol. The summed E-state index contributed by atoms with van der Waals surface area (Å²) in [6.45, 7) is 5.67. The van der Waals surface area contributed by atoms with E-state index < -0.39 is 0 Å². The molecule has 4 aromatic rings. The van der Waals surface area contributed by atoms with Gasteiger partial charge >= 0.3 is 0 Å². The van der Waals surface area contributed by atoms with E-state index in [1.807, 2.05) is 55.5 Å². The van der Waals surface area contributed by atoms with Gasteiger partial charge in [-0.1, -0.05) is 29.8 Å². The van der Waals surface area contributed by atoms with E-state index in [2.05, 4.69) is 27.2 Å². The van der Waals surface area contributed by atoms with Crippen LogP contribution in [0.5, 0.6) is 11.5 Å². The number of aryl methyl sites for hydroxylation is 1. The summed E-state index contributed by atoms with van der Waals surface area (Å²) in [6.07, 6.45) is 6.88. The van der Waals surface area contributed by atoms with E-state index >= 15 is 0 Å². The number of hydrogen-bond acceptors (Lipinski definition) is 5. The predicted octanol–water partition coefficient (Wildman–Crippen LogP) is 6.37. The fourth-order valence-electron chi connectivity index (χ4n) is 2.85. The topological polar surface area (TPSA) is 59.9 Å². The first-order valence-corrected chi connectivity index (χ1v) is 9.38. The van der Waals surface area contributed by atoms with Crippen LogP contribution in [0.1, 0.15) is 11.3 Å². The van der Waals surface area contributed by atoms with Crippen molar-refractivity contribution in [2.24, 2.45) is 0 Å². The molecule has 29 heavy (non-hydrogen) atoms. The van der Waals surface area contributed by atoms with Gasteiger partial charge in [-0.2, -0.15) is 0 Å². The molecule has 0 saturated carbocycles. The van der Waals surface area contributed by atoms with Crippen molar-refractivity contribution in [3.8, 4) is 11.5 Å². The molecule has 0 fully saturated rings. The second-order valence-electron chi connectivity index (χ2n) is 6.41. The molecule has 2 heterocycles. The quantitative estimate of drug-likeness (QED) is 0.421. The molecule has 0 aliphatic carbocycles. The minimum absolute atomic E-state index is 0.481. The number of rotatable bonds is 5. The summed E-state index contributed by atoms with van der Waals surface area (Å²) in [6, 6.07) is 15.2. The number of hydrogen-bond donors (Lipinski definition) is 1. The van der Waals surface area contributed by atoms with E-state index in [0.29, 0.717) is 22.3 Å². The maximum absolute atomic E-state index is 6.43. The van der Waals surface area contributed by atoms with Gasteiger partial charge in [-0.05, 0) is 61.9 Å². The third-order valence-electron chi connectivity index (χ3n) is 4.28.